The Morgan fingerprint density at radius 3 is 2.63 bits per heavy atom. The average Bonchev–Trinajstić information content (AvgIpc) is 2.88. The number of alkyl carbamates (subject to hydrolysis) is 1. The molecule has 0 saturated carbocycles. The van der Waals surface area contributed by atoms with Gasteiger partial charge in [-0.3, -0.25) is 4.79 Å². The Bertz CT molecular complexity index is 1360. The van der Waals surface area contributed by atoms with Crippen LogP contribution >= 0.6 is 0 Å². The van der Waals surface area contributed by atoms with Gasteiger partial charge in [-0.1, -0.05) is 25.6 Å². The summed E-state index contributed by atoms with van der Waals surface area (Å²) in [6.07, 6.45) is 0.363. The van der Waals surface area contributed by atoms with Gasteiger partial charge in [-0.15, -0.1) is 0 Å². The predicted molar refractivity (Wildman–Crippen MR) is 167 cm³/mol. The molecule has 1 fully saturated rings. The Kier molecular flexibility index (Phi) is 11.3. The van der Waals surface area contributed by atoms with Gasteiger partial charge in [0.05, 0.1) is 12.3 Å². The molecular weight excluding hydrogens is 567 g/mol. The van der Waals surface area contributed by atoms with Gasteiger partial charge in [0.1, 0.15) is 29.4 Å². The van der Waals surface area contributed by atoms with E-state index in [1.165, 1.54) is 6.07 Å². The molecule has 2 heterocycles. The van der Waals surface area contributed by atoms with E-state index in [0.29, 0.717) is 49.7 Å². The molecule has 1 saturated heterocycles. The molecule has 0 unspecified atom stereocenters. The third-order valence-corrected chi connectivity index (χ3v) is 8.39. The highest BCUT2D eigenvalue weighted by atomic mass is 28.3. The van der Waals surface area contributed by atoms with E-state index in [1.54, 1.807) is 50.8 Å². The minimum atomic E-state index is -1.31. The number of rotatable bonds is 10. The molecule has 0 aliphatic carbocycles. The number of carbonyl (C=O) groups excluding carboxylic acids is 2. The molecule has 2 aromatic rings. The van der Waals surface area contributed by atoms with Gasteiger partial charge >= 0.3 is 6.09 Å². The lowest BCUT2D eigenvalue weighted by Crippen LogP contribution is -2.63. The van der Waals surface area contributed by atoms with Gasteiger partial charge in [0.25, 0.3) is 5.91 Å². The van der Waals surface area contributed by atoms with Crippen molar-refractivity contribution in [3.05, 3.63) is 41.6 Å². The number of aromatic nitrogens is 2. The summed E-state index contributed by atoms with van der Waals surface area (Å²) in [6, 6.07) is 7.16. The van der Waals surface area contributed by atoms with E-state index >= 15 is 0 Å². The summed E-state index contributed by atoms with van der Waals surface area (Å²) < 4.78 is 31.6. The molecule has 1 aliphatic rings. The van der Waals surface area contributed by atoms with Crippen molar-refractivity contribution in [2.24, 2.45) is 0 Å². The largest absolute Gasteiger partial charge is 0.494 e. The second-order valence-corrected chi connectivity index (χ2v) is 18.6. The number of halogens is 1. The quantitative estimate of drug-likeness (QED) is 0.202. The van der Waals surface area contributed by atoms with Crippen LogP contribution in [0.15, 0.2) is 24.3 Å². The molecule has 1 N–H and O–H groups in total. The Morgan fingerprint density at radius 1 is 1.21 bits per heavy atom. The highest BCUT2D eigenvalue weighted by molar-refractivity contribution is 6.76. The summed E-state index contributed by atoms with van der Waals surface area (Å²) in [5, 5.41) is 2.84. The van der Waals surface area contributed by atoms with E-state index in [2.05, 4.69) is 46.8 Å². The Balaban J connectivity index is 1.87. The fourth-order valence-corrected chi connectivity index (χ4v) is 5.33. The third kappa shape index (κ3) is 10.3. The number of carbonyl (C=O) groups is 2. The fourth-order valence-electron chi connectivity index (χ4n) is 4.58. The van der Waals surface area contributed by atoms with E-state index in [9.17, 15) is 14.0 Å². The van der Waals surface area contributed by atoms with Gasteiger partial charge in [-0.05, 0) is 83.7 Å². The molecule has 43 heavy (non-hydrogen) atoms. The van der Waals surface area contributed by atoms with Crippen LogP contribution in [-0.4, -0.2) is 72.6 Å². The van der Waals surface area contributed by atoms with Crippen LogP contribution in [0.5, 0.6) is 5.75 Å². The zero-order valence-electron chi connectivity index (χ0n) is 26.7. The number of benzene rings is 1. The maximum atomic E-state index is 14.7. The Labute approximate surface area is 255 Å². The van der Waals surface area contributed by atoms with Gasteiger partial charge in [0.2, 0.25) is 5.82 Å². The van der Waals surface area contributed by atoms with Crippen LogP contribution in [0, 0.1) is 24.6 Å². The van der Waals surface area contributed by atoms with E-state index in [0.717, 1.165) is 6.04 Å². The van der Waals surface area contributed by atoms with Gasteiger partial charge in [0.15, 0.2) is 0 Å². The van der Waals surface area contributed by atoms with E-state index in [4.69, 9.17) is 14.2 Å². The summed E-state index contributed by atoms with van der Waals surface area (Å²) in [5.41, 5.74) is -0.801. The summed E-state index contributed by atoms with van der Waals surface area (Å²) >= 11 is 0. The first-order valence-electron chi connectivity index (χ1n) is 14.8. The van der Waals surface area contributed by atoms with Gasteiger partial charge in [-0.25, -0.2) is 19.2 Å². The summed E-state index contributed by atoms with van der Waals surface area (Å²) in [5.74, 6) is 5.96. The molecule has 9 nitrogen and oxygen atoms in total. The summed E-state index contributed by atoms with van der Waals surface area (Å²) in [6.45, 7) is 17.4. The molecule has 1 atom stereocenters. The average molecular weight is 613 g/mol. The van der Waals surface area contributed by atoms with Crippen molar-refractivity contribution < 1.29 is 28.2 Å². The smallest absolute Gasteiger partial charge is 0.408 e. The molecule has 3 rings (SSSR count). The summed E-state index contributed by atoms with van der Waals surface area (Å²) in [7, 11) is -1.28. The molecule has 2 amide bonds. The molecule has 234 valence electrons. The normalized spacial score (nSPS) is 17.2. The van der Waals surface area contributed by atoms with E-state index < -0.39 is 31.1 Å². The number of ether oxygens (including phenoxy) is 3. The molecule has 1 aromatic heterocycles. The zero-order valence-corrected chi connectivity index (χ0v) is 27.7. The molecule has 1 aliphatic heterocycles. The fraction of sp³-hybridized carbons (Fsp3) is 0.562. The van der Waals surface area contributed by atoms with Crippen LogP contribution in [0.2, 0.25) is 25.7 Å². The van der Waals surface area contributed by atoms with E-state index in [1.807, 2.05) is 6.92 Å². The lowest BCUT2D eigenvalue weighted by atomic mass is 9.85. The molecule has 1 aromatic carbocycles. The van der Waals surface area contributed by atoms with Crippen molar-refractivity contribution in [2.45, 2.75) is 90.7 Å². The monoisotopic (exact) mass is 612 g/mol. The van der Waals surface area contributed by atoms with Crippen LogP contribution in [0.25, 0.3) is 11.3 Å². The molecule has 0 spiro atoms. The van der Waals surface area contributed by atoms with Gasteiger partial charge in [0, 0.05) is 38.9 Å². The number of piperidine rings is 1. The minimum Gasteiger partial charge on any atom is -0.494 e. The first kappa shape index (κ1) is 34.0. The van der Waals surface area contributed by atoms with Crippen molar-refractivity contribution in [3.8, 4) is 28.8 Å². The number of hydrogen-bond acceptors (Lipinski definition) is 7. The van der Waals surface area contributed by atoms with Crippen molar-refractivity contribution in [1.82, 2.24) is 20.2 Å². The first-order chi connectivity index (χ1) is 20.1. The lowest BCUT2D eigenvalue weighted by Gasteiger charge is -2.41. The van der Waals surface area contributed by atoms with Crippen LogP contribution in [0.4, 0.5) is 9.18 Å². The SMILES string of the molecule is CCOc1ccc(F)c(-c2cc(C)nc(C#CC[C@@]3(NC(=O)OC(C)(C)C)CCCN(COCC[Si](C)(C)C)C3=O)n2)c1. The minimum absolute atomic E-state index is 0.0112. The predicted octanol–water partition coefficient (Wildman–Crippen LogP) is 5.93. The number of likely N-dealkylation sites (tertiary alicyclic amines) is 1. The van der Waals surface area contributed by atoms with Crippen molar-refractivity contribution >= 4 is 20.1 Å². The maximum absolute atomic E-state index is 14.7. The molecular formula is C32H45FN4O5Si. The Hall–Kier alpha value is -3.49. The molecule has 0 radical (unpaired) electrons. The number of amides is 2. The number of aryl methyl sites for hydroxylation is 1. The van der Waals surface area contributed by atoms with Crippen molar-refractivity contribution in [2.75, 3.05) is 26.5 Å². The summed E-state index contributed by atoms with van der Waals surface area (Å²) in [4.78, 5) is 37.2. The highest BCUT2D eigenvalue weighted by Crippen LogP contribution is 2.28. The third-order valence-electron chi connectivity index (χ3n) is 6.68. The van der Waals surface area contributed by atoms with Crippen LogP contribution < -0.4 is 10.1 Å². The second kappa shape index (κ2) is 14.3. The number of nitrogens with one attached hydrogen (secondary N) is 1. The number of nitrogens with zero attached hydrogens (tertiary/aromatic N) is 3. The second-order valence-electron chi connectivity index (χ2n) is 13.0. The lowest BCUT2D eigenvalue weighted by molar-refractivity contribution is -0.147. The Morgan fingerprint density at radius 2 is 1.95 bits per heavy atom. The number of hydrogen-bond donors (Lipinski definition) is 1. The molecule has 11 heteroatoms. The van der Waals surface area contributed by atoms with Crippen LogP contribution in [-0.2, 0) is 14.3 Å². The van der Waals surface area contributed by atoms with Crippen molar-refractivity contribution in [3.63, 3.8) is 0 Å². The maximum Gasteiger partial charge on any atom is 0.408 e. The van der Waals surface area contributed by atoms with Crippen LogP contribution in [0.1, 0.15) is 58.5 Å². The molecule has 0 bridgehead atoms. The highest BCUT2D eigenvalue weighted by Gasteiger charge is 2.45. The van der Waals surface area contributed by atoms with Gasteiger partial charge in [-0.2, -0.15) is 0 Å². The topological polar surface area (TPSA) is 103 Å². The zero-order chi connectivity index (χ0) is 31.8. The van der Waals surface area contributed by atoms with E-state index in [-0.39, 0.29) is 30.4 Å². The standard InChI is InChI=1S/C32H45FN4O5Si/c1-9-41-24-13-14-26(33)25(21-24)27-20-23(2)34-28(35-27)12-10-15-32(36-30(39)42-31(3,4)5)16-11-17-37(29(32)38)22-40-18-19-43(6,7)8/h13-14,20-21H,9,11,15-19,22H2,1-8H3,(H,36,39)/t32-/m1/s1. The first-order valence-corrected chi connectivity index (χ1v) is 18.5. The van der Waals surface area contributed by atoms with Crippen molar-refractivity contribution in [1.29, 1.82) is 0 Å². The van der Waals surface area contributed by atoms with Crippen LogP contribution in [0.3, 0.4) is 0 Å². The van der Waals surface area contributed by atoms with Gasteiger partial charge < -0.3 is 24.4 Å².